The Balaban J connectivity index is 2.76. The summed E-state index contributed by atoms with van der Waals surface area (Å²) in [4.78, 5) is 31.1. The molecule has 0 aliphatic heterocycles. The summed E-state index contributed by atoms with van der Waals surface area (Å²) < 4.78 is 31.0. The lowest BCUT2D eigenvalue weighted by Crippen LogP contribution is -2.12. The van der Waals surface area contributed by atoms with E-state index >= 15 is 0 Å². The number of nitrogens with zero attached hydrogens (tertiary/aromatic N) is 2. The number of carbonyl (C=O) groups is 2. The first-order valence-electron chi connectivity index (χ1n) is 6.86. The molecule has 26 heavy (non-hydrogen) atoms. The van der Waals surface area contributed by atoms with Gasteiger partial charge in [0.2, 0.25) is 5.91 Å². The van der Waals surface area contributed by atoms with Crippen molar-refractivity contribution < 1.29 is 23.1 Å². The van der Waals surface area contributed by atoms with Crippen LogP contribution in [-0.2, 0) is 9.53 Å². The number of methoxy groups -OCH3 is 1. The van der Waals surface area contributed by atoms with Crippen LogP contribution in [0.2, 0.25) is 15.1 Å². The van der Waals surface area contributed by atoms with Crippen molar-refractivity contribution in [3.8, 4) is 11.4 Å². The van der Waals surface area contributed by atoms with Gasteiger partial charge in [0.05, 0.1) is 39.1 Å². The molecular formula is C15H10Cl3F2N3O3. The highest BCUT2D eigenvalue weighted by atomic mass is 35.5. The number of nitrogens with one attached hydrogen (secondary N) is 1. The molecule has 0 aliphatic carbocycles. The van der Waals surface area contributed by atoms with Gasteiger partial charge in [0.25, 0.3) is 6.43 Å². The molecule has 0 fully saturated rings. The van der Waals surface area contributed by atoms with Crippen LogP contribution in [0, 0.1) is 0 Å². The first kappa shape index (κ1) is 20.3. The summed E-state index contributed by atoms with van der Waals surface area (Å²) in [6, 6.07) is 1.24. The van der Waals surface area contributed by atoms with Gasteiger partial charge >= 0.3 is 5.97 Å². The molecule has 0 unspecified atom stereocenters. The molecule has 2 rings (SSSR count). The van der Waals surface area contributed by atoms with E-state index in [0.29, 0.717) is 0 Å². The van der Waals surface area contributed by atoms with E-state index in [1.54, 1.807) is 0 Å². The van der Waals surface area contributed by atoms with E-state index in [0.717, 1.165) is 13.3 Å². The molecule has 0 spiro atoms. The Morgan fingerprint density at radius 3 is 2.42 bits per heavy atom. The average Bonchev–Trinajstić information content (AvgIpc) is 2.55. The molecule has 6 nitrogen and oxygen atoms in total. The fraction of sp³-hybridized carbons (Fsp3) is 0.200. The number of alkyl halides is 2. The van der Waals surface area contributed by atoms with E-state index in [1.807, 2.05) is 0 Å². The maximum atomic E-state index is 13.2. The van der Waals surface area contributed by atoms with Gasteiger partial charge in [-0.2, -0.15) is 0 Å². The number of halogens is 5. The largest absolute Gasteiger partial charge is 0.464 e. The van der Waals surface area contributed by atoms with Crippen LogP contribution in [0.1, 0.15) is 29.4 Å². The van der Waals surface area contributed by atoms with Crippen molar-refractivity contribution in [1.29, 1.82) is 0 Å². The molecule has 0 saturated heterocycles. The van der Waals surface area contributed by atoms with Crippen molar-refractivity contribution in [1.82, 2.24) is 9.97 Å². The topological polar surface area (TPSA) is 81.2 Å². The highest BCUT2D eigenvalue weighted by Crippen LogP contribution is 2.39. The predicted molar refractivity (Wildman–Crippen MR) is 93.1 cm³/mol. The molecule has 0 aliphatic rings. The maximum absolute atomic E-state index is 13.2. The van der Waals surface area contributed by atoms with Gasteiger partial charge in [0.1, 0.15) is 5.69 Å². The second kappa shape index (κ2) is 8.11. The Morgan fingerprint density at radius 1 is 1.23 bits per heavy atom. The molecule has 2 heterocycles. The normalized spacial score (nSPS) is 10.8. The van der Waals surface area contributed by atoms with Gasteiger partial charge in [-0.3, -0.25) is 9.78 Å². The number of amides is 1. The van der Waals surface area contributed by atoms with Gasteiger partial charge in [-0.25, -0.2) is 18.6 Å². The lowest BCUT2D eigenvalue weighted by molar-refractivity contribution is -0.114. The summed E-state index contributed by atoms with van der Waals surface area (Å²) in [6.45, 7) is 1.22. The highest BCUT2D eigenvalue weighted by Gasteiger charge is 2.25. The summed E-state index contributed by atoms with van der Waals surface area (Å²) in [5.74, 6) is -1.38. The van der Waals surface area contributed by atoms with Gasteiger partial charge in [0, 0.05) is 13.1 Å². The van der Waals surface area contributed by atoms with Crippen molar-refractivity contribution in [3.05, 3.63) is 38.6 Å². The van der Waals surface area contributed by atoms with Gasteiger partial charge in [-0.15, -0.1) is 0 Å². The van der Waals surface area contributed by atoms with Crippen LogP contribution in [0.25, 0.3) is 11.4 Å². The van der Waals surface area contributed by atoms with E-state index in [2.05, 4.69) is 20.0 Å². The lowest BCUT2D eigenvalue weighted by atomic mass is 10.1. The quantitative estimate of drug-likeness (QED) is 0.714. The van der Waals surface area contributed by atoms with Crippen LogP contribution in [0.5, 0.6) is 0 Å². The lowest BCUT2D eigenvalue weighted by Gasteiger charge is -2.13. The summed E-state index contributed by atoms with van der Waals surface area (Å²) in [5.41, 5.74) is -1.21. The van der Waals surface area contributed by atoms with Gasteiger partial charge in [0.15, 0.2) is 5.69 Å². The van der Waals surface area contributed by atoms with Gasteiger partial charge < -0.3 is 10.1 Å². The monoisotopic (exact) mass is 423 g/mol. The van der Waals surface area contributed by atoms with Crippen LogP contribution in [0.3, 0.4) is 0 Å². The van der Waals surface area contributed by atoms with Crippen molar-refractivity contribution in [2.45, 2.75) is 13.3 Å². The van der Waals surface area contributed by atoms with Crippen LogP contribution in [0.4, 0.5) is 14.5 Å². The Labute approximate surface area is 161 Å². The molecule has 11 heteroatoms. The minimum absolute atomic E-state index is 0.0102. The molecule has 0 saturated carbocycles. The van der Waals surface area contributed by atoms with E-state index in [-0.39, 0.29) is 32.8 Å². The van der Waals surface area contributed by atoms with Gasteiger partial charge in [-0.05, 0) is 6.07 Å². The summed E-state index contributed by atoms with van der Waals surface area (Å²) >= 11 is 17.8. The standard InChI is InChI=1S/C15H10Cl3F2N3O3/c1-5(24)22-7-3-8(23-13(10(7)17)15(25)26-2)12-11(18)9(14(19)20)6(16)4-21-12/h3-4,14H,1-2H3,(H,22,23,24). The fourth-order valence-corrected chi connectivity index (χ4v) is 2.85. The number of hydrogen-bond donors (Lipinski definition) is 1. The smallest absolute Gasteiger partial charge is 0.358 e. The minimum atomic E-state index is -2.96. The molecule has 0 radical (unpaired) electrons. The summed E-state index contributed by atoms with van der Waals surface area (Å²) in [6.07, 6.45) is -1.98. The van der Waals surface area contributed by atoms with E-state index in [4.69, 9.17) is 34.8 Å². The van der Waals surface area contributed by atoms with Crippen molar-refractivity contribution in [3.63, 3.8) is 0 Å². The Bertz CT molecular complexity index is 894. The van der Waals surface area contributed by atoms with E-state index in [9.17, 15) is 18.4 Å². The second-order valence-corrected chi connectivity index (χ2v) is 6.04. The maximum Gasteiger partial charge on any atom is 0.358 e. The second-order valence-electron chi connectivity index (χ2n) is 4.87. The number of esters is 1. The zero-order chi connectivity index (χ0) is 19.6. The highest BCUT2D eigenvalue weighted by molar-refractivity contribution is 6.38. The number of anilines is 1. The van der Waals surface area contributed by atoms with Crippen LogP contribution in [-0.4, -0.2) is 29.0 Å². The third kappa shape index (κ3) is 4.03. The summed E-state index contributed by atoms with van der Waals surface area (Å²) in [5, 5.41) is 1.46. The number of carbonyl (C=O) groups excluding carboxylic acids is 2. The van der Waals surface area contributed by atoms with E-state index < -0.39 is 28.9 Å². The van der Waals surface area contributed by atoms with Crippen molar-refractivity contribution >= 4 is 52.4 Å². The SMILES string of the molecule is COC(=O)c1nc(-c2ncc(Cl)c(C(F)F)c2Cl)cc(NC(C)=O)c1Cl. The zero-order valence-electron chi connectivity index (χ0n) is 13.2. The molecule has 0 bridgehead atoms. The zero-order valence-corrected chi connectivity index (χ0v) is 15.5. The number of aromatic nitrogens is 2. The van der Waals surface area contributed by atoms with Crippen LogP contribution >= 0.6 is 34.8 Å². The number of pyridine rings is 2. The first-order valence-corrected chi connectivity index (χ1v) is 7.99. The molecule has 1 N–H and O–H groups in total. The molecular weight excluding hydrogens is 415 g/mol. The Kier molecular flexibility index (Phi) is 6.33. The molecule has 1 amide bonds. The van der Waals surface area contributed by atoms with Crippen molar-refractivity contribution in [2.24, 2.45) is 0 Å². The molecule has 0 atom stereocenters. The van der Waals surface area contributed by atoms with E-state index in [1.165, 1.54) is 13.0 Å². The van der Waals surface area contributed by atoms with Crippen LogP contribution in [0.15, 0.2) is 12.3 Å². The molecule has 2 aromatic heterocycles. The summed E-state index contributed by atoms with van der Waals surface area (Å²) in [7, 11) is 1.10. The third-order valence-electron chi connectivity index (χ3n) is 3.12. The minimum Gasteiger partial charge on any atom is -0.464 e. The Morgan fingerprint density at radius 2 is 1.88 bits per heavy atom. The third-order valence-corrected chi connectivity index (χ3v) is 4.18. The average molecular weight is 425 g/mol. The Hall–Kier alpha value is -2.03. The first-order chi connectivity index (χ1) is 12.2. The van der Waals surface area contributed by atoms with Crippen LogP contribution < -0.4 is 5.32 Å². The fourth-order valence-electron chi connectivity index (χ4n) is 2.02. The molecule has 138 valence electrons. The molecule has 0 aromatic carbocycles. The number of rotatable bonds is 4. The molecule has 2 aromatic rings. The number of hydrogen-bond acceptors (Lipinski definition) is 5. The van der Waals surface area contributed by atoms with Gasteiger partial charge in [-0.1, -0.05) is 34.8 Å². The predicted octanol–water partition coefficient (Wildman–Crippen LogP) is 4.79. The number of ether oxygens (including phenoxy) is 1. The van der Waals surface area contributed by atoms with Crippen molar-refractivity contribution in [2.75, 3.05) is 12.4 Å².